The van der Waals surface area contributed by atoms with E-state index in [9.17, 15) is 13.2 Å². The van der Waals surface area contributed by atoms with Gasteiger partial charge in [-0.15, -0.1) is 0 Å². The second kappa shape index (κ2) is 9.89. The topological polar surface area (TPSA) is 92.5 Å². The molecule has 0 radical (unpaired) electrons. The molecule has 0 aliphatic carbocycles. The van der Waals surface area contributed by atoms with E-state index in [1.807, 2.05) is 0 Å². The molecule has 1 amide bonds. The number of hydrogen-bond acceptors (Lipinski definition) is 4. The number of nitrogens with zero attached hydrogens (tertiary/aromatic N) is 1. The second-order valence-corrected chi connectivity index (χ2v) is 8.42. The predicted molar refractivity (Wildman–Crippen MR) is 98.4 cm³/mol. The van der Waals surface area contributed by atoms with Crippen LogP contribution in [0.1, 0.15) is 50.5 Å². The molecule has 140 valence electrons. The smallest absolute Gasteiger partial charge is 0.243 e. The summed E-state index contributed by atoms with van der Waals surface area (Å²) in [5.74, 6) is 0.0292. The lowest BCUT2D eigenvalue weighted by Gasteiger charge is -2.15. The number of carbonyl (C=O) groups is 1. The van der Waals surface area contributed by atoms with Gasteiger partial charge in [-0.25, -0.2) is 8.42 Å². The molecule has 0 unspecified atom stereocenters. The van der Waals surface area contributed by atoms with Crippen LogP contribution in [0.15, 0.2) is 29.2 Å². The first-order valence-corrected chi connectivity index (χ1v) is 10.5. The van der Waals surface area contributed by atoms with Crippen molar-refractivity contribution in [2.24, 2.45) is 5.73 Å². The lowest BCUT2D eigenvalue weighted by Crippen LogP contribution is -2.27. The number of carbonyl (C=O) groups excluding carboxylic acids is 1. The molecular weight excluding hydrogens is 338 g/mol. The summed E-state index contributed by atoms with van der Waals surface area (Å²) < 4.78 is 26.4. The van der Waals surface area contributed by atoms with Gasteiger partial charge in [0.2, 0.25) is 15.9 Å². The maximum absolute atomic E-state index is 12.5. The first-order valence-electron chi connectivity index (χ1n) is 9.10. The van der Waals surface area contributed by atoms with E-state index < -0.39 is 10.0 Å². The molecule has 1 saturated heterocycles. The van der Waals surface area contributed by atoms with Gasteiger partial charge < -0.3 is 11.1 Å². The van der Waals surface area contributed by atoms with Crippen molar-refractivity contribution in [3.63, 3.8) is 0 Å². The zero-order chi connectivity index (χ0) is 18.1. The Hall–Kier alpha value is -1.44. The maximum atomic E-state index is 12.5. The summed E-state index contributed by atoms with van der Waals surface area (Å²) in [4.78, 5) is 12.1. The van der Waals surface area contributed by atoms with Gasteiger partial charge in [-0.3, -0.25) is 4.79 Å². The van der Waals surface area contributed by atoms with E-state index in [0.717, 1.165) is 44.1 Å². The molecule has 0 atom stereocenters. The first-order chi connectivity index (χ1) is 12.0. The Morgan fingerprint density at radius 1 is 1.04 bits per heavy atom. The lowest BCUT2D eigenvalue weighted by molar-refractivity contribution is -0.121. The van der Waals surface area contributed by atoms with E-state index in [4.69, 9.17) is 5.73 Å². The zero-order valence-electron chi connectivity index (χ0n) is 14.7. The minimum Gasteiger partial charge on any atom is -0.352 e. The fraction of sp³-hybridized carbons (Fsp3) is 0.611. The highest BCUT2D eigenvalue weighted by Crippen LogP contribution is 2.21. The normalized spacial score (nSPS) is 15.4. The van der Waals surface area contributed by atoms with Crippen LogP contribution in [0.3, 0.4) is 0 Å². The molecule has 1 fully saturated rings. The highest BCUT2D eigenvalue weighted by molar-refractivity contribution is 7.89. The Labute approximate surface area is 150 Å². The molecule has 0 saturated carbocycles. The standard InChI is InChI=1S/C18H29N3O3S/c19-12-4-2-1-3-7-18(22)20-15-16-8-10-17(11-9-16)25(23,24)21-13-5-6-14-21/h8-11H,1-7,12-15,19H2,(H,20,22). The zero-order valence-corrected chi connectivity index (χ0v) is 15.6. The molecule has 3 N–H and O–H groups in total. The summed E-state index contributed by atoms with van der Waals surface area (Å²) in [6, 6.07) is 6.79. The quantitative estimate of drug-likeness (QED) is 0.619. The van der Waals surface area contributed by atoms with Gasteiger partial charge in [-0.2, -0.15) is 4.31 Å². The number of benzene rings is 1. The van der Waals surface area contributed by atoms with Crippen LogP contribution in [0, 0.1) is 0 Å². The molecule has 0 bridgehead atoms. The molecule has 0 spiro atoms. The van der Waals surface area contributed by atoms with Crippen molar-refractivity contribution in [3.05, 3.63) is 29.8 Å². The Morgan fingerprint density at radius 3 is 2.32 bits per heavy atom. The van der Waals surface area contributed by atoms with E-state index in [2.05, 4.69) is 5.32 Å². The van der Waals surface area contributed by atoms with Gasteiger partial charge in [-0.05, 0) is 49.9 Å². The van der Waals surface area contributed by atoms with Crippen molar-refractivity contribution in [3.8, 4) is 0 Å². The monoisotopic (exact) mass is 367 g/mol. The molecular formula is C18H29N3O3S. The van der Waals surface area contributed by atoms with E-state index in [1.165, 1.54) is 4.31 Å². The van der Waals surface area contributed by atoms with Crippen LogP contribution < -0.4 is 11.1 Å². The van der Waals surface area contributed by atoms with Gasteiger partial charge in [0.25, 0.3) is 0 Å². The van der Waals surface area contributed by atoms with Crippen LogP contribution in [0.2, 0.25) is 0 Å². The van der Waals surface area contributed by atoms with Gasteiger partial charge in [-0.1, -0.05) is 25.0 Å². The minimum atomic E-state index is -3.37. The Kier molecular flexibility index (Phi) is 7.87. The summed E-state index contributed by atoms with van der Waals surface area (Å²) in [5.41, 5.74) is 6.34. The number of nitrogens with two attached hydrogens (primary N) is 1. The predicted octanol–water partition coefficient (Wildman–Crippen LogP) is 2.00. The largest absolute Gasteiger partial charge is 0.352 e. The third kappa shape index (κ3) is 6.09. The Balaban J connectivity index is 1.77. The summed E-state index contributed by atoms with van der Waals surface area (Å²) in [6.07, 6.45) is 6.34. The van der Waals surface area contributed by atoms with Crippen molar-refractivity contribution >= 4 is 15.9 Å². The Morgan fingerprint density at radius 2 is 1.68 bits per heavy atom. The molecule has 1 heterocycles. The highest BCUT2D eigenvalue weighted by Gasteiger charge is 2.26. The maximum Gasteiger partial charge on any atom is 0.243 e. The second-order valence-electron chi connectivity index (χ2n) is 6.48. The molecule has 2 rings (SSSR count). The first kappa shape index (κ1) is 19.9. The molecule has 0 aromatic heterocycles. The van der Waals surface area contributed by atoms with Crippen molar-refractivity contribution in [1.82, 2.24) is 9.62 Å². The lowest BCUT2D eigenvalue weighted by atomic mass is 10.1. The van der Waals surface area contributed by atoms with Gasteiger partial charge in [0.15, 0.2) is 0 Å². The molecule has 1 aliphatic rings. The summed E-state index contributed by atoms with van der Waals surface area (Å²) in [6.45, 7) is 2.33. The minimum absolute atomic E-state index is 0.0292. The molecule has 25 heavy (non-hydrogen) atoms. The molecule has 6 nitrogen and oxygen atoms in total. The molecule has 1 aromatic carbocycles. The molecule has 7 heteroatoms. The van der Waals surface area contributed by atoms with E-state index in [0.29, 0.717) is 37.5 Å². The summed E-state index contributed by atoms with van der Waals surface area (Å²) >= 11 is 0. The Bertz CT molecular complexity index is 638. The number of unbranched alkanes of at least 4 members (excludes halogenated alkanes) is 3. The number of hydrogen-bond donors (Lipinski definition) is 2. The van der Waals surface area contributed by atoms with Crippen LogP contribution >= 0.6 is 0 Å². The van der Waals surface area contributed by atoms with E-state index in [-0.39, 0.29) is 5.91 Å². The van der Waals surface area contributed by atoms with Crippen LogP contribution in [-0.4, -0.2) is 38.3 Å². The van der Waals surface area contributed by atoms with Crippen molar-refractivity contribution in [2.45, 2.75) is 56.4 Å². The van der Waals surface area contributed by atoms with Gasteiger partial charge in [0.1, 0.15) is 0 Å². The number of amides is 1. The number of nitrogens with one attached hydrogen (secondary N) is 1. The number of sulfonamides is 1. The van der Waals surface area contributed by atoms with E-state index in [1.54, 1.807) is 24.3 Å². The molecule has 1 aromatic rings. The van der Waals surface area contributed by atoms with Crippen molar-refractivity contribution in [2.75, 3.05) is 19.6 Å². The van der Waals surface area contributed by atoms with Crippen molar-refractivity contribution < 1.29 is 13.2 Å². The number of rotatable bonds is 10. The van der Waals surface area contributed by atoms with Gasteiger partial charge in [0.05, 0.1) is 4.90 Å². The van der Waals surface area contributed by atoms with Crippen molar-refractivity contribution in [1.29, 1.82) is 0 Å². The van der Waals surface area contributed by atoms with Crippen LogP contribution in [-0.2, 0) is 21.4 Å². The average molecular weight is 368 g/mol. The summed E-state index contributed by atoms with van der Waals surface area (Å²) in [7, 11) is -3.37. The van der Waals surface area contributed by atoms with Crippen LogP contribution in [0.25, 0.3) is 0 Å². The van der Waals surface area contributed by atoms with Gasteiger partial charge >= 0.3 is 0 Å². The fourth-order valence-corrected chi connectivity index (χ4v) is 4.45. The molecule has 1 aliphatic heterocycles. The fourth-order valence-electron chi connectivity index (χ4n) is 2.93. The average Bonchev–Trinajstić information content (AvgIpc) is 3.16. The SMILES string of the molecule is NCCCCCCC(=O)NCc1ccc(S(=O)(=O)N2CCCC2)cc1. The van der Waals surface area contributed by atoms with Gasteiger partial charge in [0, 0.05) is 26.1 Å². The summed E-state index contributed by atoms with van der Waals surface area (Å²) in [5, 5.41) is 2.88. The van der Waals surface area contributed by atoms with Crippen LogP contribution in [0.5, 0.6) is 0 Å². The third-order valence-corrected chi connectivity index (χ3v) is 6.39. The highest BCUT2D eigenvalue weighted by atomic mass is 32.2. The van der Waals surface area contributed by atoms with Crippen LogP contribution in [0.4, 0.5) is 0 Å². The van der Waals surface area contributed by atoms with E-state index >= 15 is 0 Å². The third-order valence-electron chi connectivity index (χ3n) is 4.47.